The largest absolute Gasteiger partial charge is 0.472 e. The Labute approximate surface area is 436 Å². The number of nitrogens with zero attached hydrogens (tertiary/aromatic N) is 1. The molecule has 0 fully saturated rings. The van der Waals surface area contributed by atoms with Crippen molar-refractivity contribution < 1.29 is 32.9 Å². The van der Waals surface area contributed by atoms with E-state index in [-0.39, 0.29) is 19.1 Å². The normalized spacial score (nSPS) is 15.0. The quantitative estimate of drug-likeness (QED) is 0.0243. The Morgan fingerprint density at radius 3 is 1.24 bits per heavy atom. The van der Waals surface area contributed by atoms with E-state index in [1.165, 1.54) is 51.4 Å². The molecule has 0 radical (unpaired) electrons. The van der Waals surface area contributed by atoms with Crippen molar-refractivity contribution in [3.63, 3.8) is 0 Å². The molecule has 0 aromatic heterocycles. The van der Waals surface area contributed by atoms with Crippen LogP contribution in [0.2, 0.25) is 0 Å². The monoisotopic (exact) mass is 1010 g/mol. The standard InChI is InChI=1S/C62H105N2O6P/c1-6-8-10-12-14-16-17-18-19-20-21-22-23-24-25-26-27-28-29-30-31-32-33-34-35-36-37-38-39-40-41-42-43-44-45-46-47-48-50-52-54-56-62(66)63-60(59-70-71(67,68)69-58-57-64(3,4)5)61(65)55-53-51-49-15-13-11-9-7-2/h8,10,14,16,18-19,21-22,24-25,27-28,30-31,33-34,36-37,39-40,42-43,60-61,65H,6-7,9,11-13,15,17,20,23,26,29,32,35,38,41,44-59H2,1-5H3,(H-,63,66,67,68)/p+1/b10-8-,16-14-,19-18-,22-21-,25-24-,28-27-,31-30-,34-33-,37-36-,40-39-,43-42-. The number of carbonyl (C=O) groups excluding carboxylic acids is 1. The van der Waals surface area contributed by atoms with Crippen LogP contribution in [0.4, 0.5) is 0 Å². The lowest BCUT2D eigenvalue weighted by Crippen LogP contribution is -2.46. The van der Waals surface area contributed by atoms with Gasteiger partial charge in [0.15, 0.2) is 0 Å². The second-order valence-corrected chi connectivity index (χ2v) is 21.0. The van der Waals surface area contributed by atoms with Crippen LogP contribution in [0.15, 0.2) is 134 Å². The summed E-state index contributed by atoms with van der Waals surface area (Å²) in [5.41, 5.74) is 0. The minimum atomic E-state index is -4.32. The molecule has 71 heavy (non-hydrogen) atoms. The Morgan fingerprint density at radius 1 is 0.493 bits per heavy atom. The number of phosphoric ester groups is 1. The number of likely N-dealkylation sites (N-methyl/N-ethyl adjacent to an activating group) is 1. The summed E-state index contributed by atoms with van der Waals surface area (Å²) in [6.07, 6.45) is 78.2. The summed E-state index contributed by atoms with van der Waals surface area (Å²) in [7, 11) is 1.59. The van der Waals surface area contributed by atoms with E-state index in [2.05, 4.69) is 153 Å². The van der Waals surface area contributed by atoms with Gasteiger partial charge in [0.1, 0.15) is 13.2 Å². The summed E-state index contributed by atoms with van der Waals surface area (Å²) in [4.78, 5) is 23.2. The van der Waals surface area contributed by atoms with E-state index in [1.807, 2.05) is 21.1 Å². The van der Waals surface area contributed by atoms with Crippen molar-refractivity contribution in [1.82, 2.24) is 5.32 Å². The third-order valence-corrected chi connectivity index (χ3v) is 12.6. The highest BCUT2D eigenvalue weighted by Gasteiger charge is 2.28. The van der Waals surface area contributed by atoms with Gasteiger partial charge in [-0.25, -0.2) is 4.57 Å². The second kappa shape index (κ2) is 51.5. The number of aliphatic hydroxyl groups is 1. The zero-order valence-corrected chi connectivity index (χ0v) is 46.8. The van der Waals surface area contributed by atoms with E-state index in [4.69, 9.17) is 9.05 Å². The predicted octanol–water partition coefficient (Wildman–Crippen LogP) is 17.1. The van der Waals surface area contributed by atoms with Gasteiger partial charge in [-0.15, -0.1) is 0 Å². The maximum atomic E-state index is 12.9. The molecule has 0 spiro atoms. The van der Waals surface area contributed by atoms with E-state index in [9.17, 15) is 19.4 Å². The van der Waals surface area contributed by atoms with Crippen molar-refractivity contribution in [2.45, 2.75) is 212 Å². The van der Waals surface area contributed by atoms with Crippen LogP contribution in [0.5, 0.6) is 0 Å². The van der Waals surface area contributed by atoms with E-state index in [0.29, 0.717) is 23.9 Å². The maximum Gasteiger partial charge on any atom is 0.472 e. The summed E-state index contributed by atoms with van der Waals surface area (Å²) in [5.74, 6) is -0.165. The van der Waals surface area contributed by atoms with Gasteiger partial charge in [-0.1, -0.05) is 231 Å². The first-order valence-electron chi connectivity index (χ1n) is 28.0. The molecule has 0 saturated heterocycles. The molecule has 0 rings (SSSR count). The number of hydrogen-bond donors (Lipinski definition) is 3. The molecular formula is C62H106N2O6P+. The van der Waals surface area contributed by atoms with Crippen molar-refractivity contribution >= 4 is 13.7 Å². The van der Waals surface area contributed by atoms with Gasteiger partial charge < -0.3 is 19.8 Å². The van der Waals surface area contributed by atoms with Gasteiger partial charge in [-0.3, -0.25) is 13.8 Å². The molecule has 0 bridgehead atoms. The molecule has 1 amide bonds. The molecule has 404 valence electrons. The van der Waals surface area contributed by atoms with Gasteiger partial charge in [0.25, 0.3) is 0 Å². The molecule has 3 atom stereocenters. The number of aliphatic hydroxyl groups excluding tert-OH is 1. The fourth-order valence-electron chi connectivity index (χ4n) is 7.28. The number of allylic oxidation sites excluding steroid dienone is 22. The van der Waals surface area contributed by atoms with Crippen molar-refractivity contribution in [3.05, 3.63) is 134 Å². The fraction of sp³-hybridized carbons (Fsp3) is 0.629. The Hall–Kier alpha value is -3.36. The number of unbranched alkanes of at least 4 members (excludes halogenated alkanes) is 14. The lowest BCUT2D eigenvalue weighted by atomic mass is 10.0. The third kappa shape index (κ3) is 54.3. The summed E-state index contributed by atoms with van der Waals surface area (Å²) in [5, 5.41) is 13.9. The van der Waals surface area contributed by atoms with Crippen LogP contribution in [0.1, 0.15) is 200 Å². The molecule has 9 heteroatoms. The molecule has 8 nitrogen and oxygen atoms in total. The maximum absolute atomic E-state index is 12.9. The van der Waals surface area contributed by atoms with Crippen molar-refractivity contribution in [2.24, 2.45) is 0 Å². The molecule has 0 aliphatic rings. The number of amides is 1. The predicted molar refractivity (Wildman–Crippen MR) is 308 cm³/mol. The van der Waals surface area contributed by atoms with Crippen LogP contribution in [0.3, 0.4) is 0 Å². The first-order valence-corrected chi connectivity index (χ1v) is 29.5. The van der Waals surface area contributed by atoms with Gasteiger partial charge in [0, 0.05) is 6.42 Å². The highest BCUT2D eigenvalue weighted by Crippen LogP contribution is 2.43. The van der Waals surface area contributed by atoms with Crippen LogP contribution in [0, 0.1) is 0 Å². The van der Waals surface area contributed by atoms with Gasteiger partial charge >= 0.3 is 7.82 Å². The number of nitrogens with one attached hydrogen (secondary N) is 1. The number of rotatable bonds is 49. The molecule has 3 N–H and O–H groups in total. The number of phosphoric acid groups is 1. The molecule has 0 aliphatic heterocycles. The Kier molecular flexibility index (Phi) is 49.1. The van der Waals surface area contributed by atoms with Crippen LogP contribution in [0.25, 0.3) is 0 Å². The third-order valence-electron chi connectivity index (χ3n) is 11.7. The van der Waals surface area contributed by atoms with Crippen molar-refractivity contribution in [2.75, 3.05) is 40.9 Å². The van der Waals surface area contributed by atoms with Gasteiger partial charge in [0.2, 0.25) is 5.91 Å². The van der Waals surface area contributed by atoms with Gasteiger partial charge in [-0.2, -0.15) is 0 Å². The second-order valence-electron chi connectivity index (χ2n) is 19.6. The fourth-order valence-corrected chi connectivity index (χ4v) is 8.02. The Balaban J connectivity index is 4.03. The number of carbonyl (C=O) groups is 1. The lowest BCUT2D eigenvalue weighted by Gasteiger charge is -2.26. The highest BCUT2D eigenvalue weighted by molar-refractivity contribution is 7.47. The topological polar surface area (TPSA) is 105 Å². The minimum absolute atomic E-state index is 0.0654. The number of quaternary nitrogens is 1. The van der Waals surface area contributed by atoms with Crippen molar-refractivity contribution in [1.29, 1.82) is 0 Å². The highest BCUT2D eigenvalue weighted by atomic mass is 31.2. The minimum Gasteiger partial charge on any atom is -0.391 e. The van der Waals surface area contributed by atoms with E-state index >= 15 is 0 Å². The summed E-state index contributed by atoms with van der Waals surface area (Å²) >= 11 is 0. The molecule has 0 aromatic rings. The van der Waals surface area contributed by atoms with E-state index < -0.39 is 20.0 Å². The van der Waals surface area contributed by atoms with E-state index in [0.717, 1.165) is 122 Å². The van der Waals surface area contributed by atoms with Crippen LogP contribution < -0.4 is 5.32 Å². The molecule has 0 aliphatic carbocycles. The molecule has 0 saturated carbocycles. The molecule has 0 aromatic carbocycles. The zero-order chi connectivity index (χ0) is 52.0. The zero-order valence-electron chi connectivity index (χ0n) is 45.9. The Morgan fingerprint density at radius 2 is 0.845 bits per heavy atom. The summed E-state index contributed by atoms with van der Waals surface area (Å²) in [6, 6.07) is -0.773. The van der Waals surface area contributed by atoms with Gasteiger partial charge in [0.05, 0.1) is 39.9 Å². The molecular weight excluding hydrogens is 900 g/mol. The first kappa shape index (κ1) is 67.6. The smallest absolute Gasteiger partial charge is 0.391 e. The van der Waals surface area contributed by atoms with Crippen LogP contribution in [-0.2, 0) is 18.4 Å². The van der Waals surface area contributed by atoms with Crippen LogP contribution in [-0.4, -0.2) is 73.4 Å². The average Bonchev–Trinajstić information content (AvgIpc) is 3.33. The van der Waals surface area contributed by atoms with Crippen molar-refractivity contribution in [3.8, 4) is 0 Å². The average molecular weight is 1010 g/mol. The van der Waals surface area contributed by atoms with Crippen LogP contribution >= 0.6 is 7.82 Å². The van der Waals surface area contributed by atoms with Gasteiger partial charge in [-0.05, 0) is 96.3 Å². The Bertz CT molecular complexity index is 1610. The SMILES string of the molecule is CC/C=C\C/C=C\C/C=C\C/C=C\C/C=C\C/C=C\C/C=C\C/C=C\C/C=C\C/C=C\C/C=C\CCCCCCCCCC(=O)NC(COP(=O)(O)OCC[N+](C)(C)C)C(O)CCCCCCCCCC. The lowest BCUT2D eigenvalue weighted by molar-refractivity contribution is -0.870. The first-order chi connectivity index (χ1) is 34.5. The summed E-state index contributed by atoms with van der Waals surface area (Å²) < 4.78 is 23.6. The summed E-state index contributed by atoms with van der Waals surface area (Å²) in [6.45, 7) is 4.70. The van der Waals surface area contributed by atoms with E-state index in [1.54, 1.807) is 0 Å². The number of hydrogen-bond acceptors (Lipinski definition) is 5. The molecule has 3 unspecified atom stereocenters. The molecule has 0 heterocycles.